The third-order valence-corrected chi connectivity index (χ3v) is 5.22. The van der Waals surface area contributed by atoms with E-state index in [9.17, 15) is 4.79 Å². The number of hydrogen-bond donors (Lipinski definition) is 0. The normalized spacial score (nSPS) is 11.1. The van der Waals surface area contributed by atoms with Crippen molar-refractivity contribution in [2.24, 2.45) is 5.92 Å². The maximum absolute atomic E-state index is 10.2. The van der Waals surface area contributed by atoms with Crippen LogP contribution in [0, 0.1) is 5.92 Å². The van der Waals surface area contributed by atoms with Gasteiger partial charge in [0, 0.05) is 38.9 Å². The van der Waals surface area contributed by atoms with Gasteiger partial charge in [0.15, 0.2) is 0 Å². The molecule has 0 aliphatic carbocycles. The summed E-state index contributed by atoms with van der Waals surface area (Å²) in [4.78, 5) is 12.6. The number of esters is 1. The first-order valence-electron chi connectivity index (χ1n) is 13.8. The summed E-state index contributed by atoms with van der Waals surface area (Å²) in [7, 11) is 1.68. The summed E-state index contributed by atoms with van der Waals surface area (Å²) < 4.78 is 9.09. The van der Waals surface area contributed by atoms with Crippen LogP contribution < -0.4 is 0 Å². The number of carbonyl (C=O) groups is 1. The molecule has 0 aliphatic heterocycles. The molecule has 0 spiro atoms. The molecule has 0 radical (unpaired) electrons. The zero-order chi connectivity index (χ0) is 28.3. The average molecular weight is 512 g/mol. The van der Waals surface area contributed by atoms with E-state index in [-0.39, 0.29) is 5.97 Å². The second-order valence-electron chi connectivity index (χ2n) is 8.02. The van der Waals surface area contributed by atoms with Gasteiger partial charge in [0.1, 0.15) is 0 Å². The molecule has 1 atom stereocenters. The Morgan fingerprint density at radius 1 is 0.865 bits per heavy atom. The van der Waals surface area contributed by atoms with E-state index in [4.69, 9.17) is 0 Å². The fourth-order valence-corrected chi connectivity index (χ4v) is 2.89. The summed E-state index contributed by atoms with van der Waals surface area (Å²) in [5.41, 5.74) is 3.96. The number of nitrogens with zero attached hydrogens (tertiary/aromatic N) is 1. The molecule has 37 heavy (non-hydrogen) atoms. The Labute approximate surface area is 228 Å². The highest BCUT2D eigenvalue weighted by molar-refractivity contribution is 5.68. The molecule has 0 N–H and O–H groups in total. The zero-order valence-electron chi connectivity index (χ0n) is 25.0. The minimum atomic E-state index is -0.123. The van der Waals surface area contributed by atoms with E-state index in [0.717, 1.165) is 19.7 Å². The quantitative estimate of drug-likeness (QED) is 0.223. The zero-order valence-corrected chi connectivity index (χ0v) is 25.0. The van der Waals surface area contributed by atoms with Crippen LogP contribution in [0.25, 0.3) is 0 Å². The van der Waals surface area contributed by atoms with Gasteiger partial charge in [0.2, 0.25) is 0 Å². The topological polar surface area (TPSA) is 38.8 Å². The summed E-state index contributed by atoms with van der Waals surface area (Å²) in [5, 5.41) is 0. The molecule has 2 aromatic carbocycles. The van der Waals surface area contributed by atoms with E-state index < -0.39 is 0 Å². The van der Waals surface area contributed by atoms with Crippen LogP contribution in [-0.2, 0) is 27.4 Å². The van der Waals surface area contributed by atoms with E-state index in [1.54, 1.807) is 21.0 Å². The molecule has 0 aliphatic rings. The molecule has 0 bridgehead atoms. The molecule has 0 saturated carbocycles. The second kappa shape index (κ2) is 26.2. The van der Waals surface area contributed by atoms with Crippen LogP contribution >= 0.6 is 0 Å². The van der Waals surface area contributed by atoms with Crippen molar-refractivity contribution in [3.05, 3.63) is 95.7 Å². The lowest BCUT2D eigenvalue weighted by atomic mass is 10.1. The third-order valence-electron chi connectivity index (χ3n) is 5.22. The Morgan fingerprint density at radius 2 is 1.32 bits per heavy atom. The molecule has 2 rings (SSSR count). The number of carbonyl (C=O) groups excluding carboxylic acids is 1. The summed E-state index contributed by atoms with van der Waals surface area (Å²) in [6.07, 6.45) is 8.46. The maximum atomic E-state index is 10.2. The molecular weight excluding hydrogens is 458 g/mol. The predicted octanol–water partition coefficient (Wildman–Crippen LogP) is 8.83. The van der Waals surface area contributed by atoms with Crippen LogP contribution in [0.4, 0.5) is 0 Å². The van der Waals surface area contributed by atoms with Gasteiger partial charge in [-0.15, -0.1) is 0 Å². The van der Waals surface area contributed by atoms with Crippen LogP contribution in [0.5, 0.6) is 0 Å². The number of methoxy groups -OCH3 is 1. The second-order valence-corrected chi connectivity index (χ2v) is 8.02. The van der Waals surface area contributed by atoms with Gasteiger partial charge in [0.05, 0.1) is 6.61 Å². The SMILES string of the molecule is C/C=C(\C=C/C(C)CC)N(Cc1ccccc1)Cc1ccccc1.CC.CCOC.CCOC(=O)CC. The van der Waals surface area contributed by atoms with Gasteiger partial charge in [-0.2, -0.15) is 0 Å². The molecule has 208 valence electrons. The van der Waals surface area contributed by atoms with Crippen LogP contribution in [0.1, 0.15) is 79.4 Å². The van der Waals surface area contributed by atoms with Crippen LogP contribution in [0.2, 0.25) is 0 Å². The highest BCUT2D eigenvalue weighted by Crippen LogP contribution is 2.18. The van der Waals surface area contributed by atoms with Crippen LogP contribution in [-0.4, -0.2) is 31.2 Å². The van der Waals surface area contributed by atoms with Crippen molar-refractivity contribution < 1.29 is 14.3 Å². The Balaban J connectivity index is 0. The molecule has 0 heterocycles. The Kier molecular flexibility index (Phi) is 25.7. The Hall–Kier alpha value is -2.85. The molecule has 2 aromatic rings. The van der Waals surface area contributed by atoms with E-state index in [2.05, 4.69) is 114 Å². The first-order chi connectivity index (χ1) is 17.9. The van der Waals surface area contributed by atoms with Gasteiger partial charge in [-0.05, 0) is 43.9 Å². The number of hydrogen-bond acceptors (Lipinski definition) is 4. The van der Waals surface area contributed by atoms with E-state index in [1.807, 2.05) is 20.8 Å². The van der Waals surface area contributed by atoms with E-state index in [0.29, 0.717) is 18.9 Å². The summed E-state index contributed by atoms with van der Waals surface area (Å²) >= 11 is 0. The highest BCUT2D eigenvalue weighted by Gasteiger charge is 2.09. The molecule has 4 heteroatoms. The lowest BCUT2D eigenvalue weighted by Gasteiger charge is -2.26. The van der Waals surface area contributed by atoms with Crippen molar-refractivity contribution in [1.82, 2.24) is 4.90 Å². The minimum absolute atomic E-state index is 0.123. The van der Waals surface area contributed by atoms with Gasteiger partial charge in [-0.1, -0.05) is 114 Å². The monoisotopic (exact) mass is 511 g/mol. The molecule has 0 saturated heterocycles. The first kappa shape index (κ1) is 36.3. The van der Waals surface area contributed by atoms with Crippen LogP contribution in [0.15, 0.2) is 84.6 Å². The highest BCUT2D eigenvalue weighted by atomic mass is 16.5. The maximum Gasteiger partial charge on any atom is 0.305 e. The summed E-state index contributed by atoms with van der Waals surface area (Å²) in [6.45, 7) is 19.3. The van der Waals surface area contributed by atoms with Crippen molar-refractivity contribution >= 4 is 5.97 Å². The van der Waals surface area contributed by atoms with Gasteiger partial charge >= 0.3 is 5.97 Å². The number of allylic oxidation sites excluding steroid dienone is 3. The van der Waals surface area contributed by atoms with Gasteiger partial charge in [0.25, 0.3) is 0 Å². The van der Waals surface area contributed by atoms with Gasteiger partial charge in [-0.3, -0.25) is 4.79 Å². The molecule has 1 unspecified atom stereocenters. The Morgan fingerprint density at radius 3 is 1.62 bits per heavy atom. The van der Waals surface area contributed by atoms with E-state index in [1.165, 1.54) is 23.2 Å². The molecule has 0 fully saturated rings. The van der Waals surface area contributed by atoms with Crippen molar-refractivity contribution in [3.63, 3.8) is 0 Å². The van der Waals surface area contributed by atoms with Crippen LogP contribution in [0.3, 0.4) is 0 Å². The van der Waals surface area contributed by atoms with Gasteiger partial charge < -0.3 is 14.4 Å². The van der Waals surface area contributed by atoms with Gasteiger partial charge in [-0.25, -0.2) is 0 Å². The standard InChI is InChI=1S/C23H29N.C5H10O2.C3H8O.C2H6/c1-4-20(3)16-17-23(5-2)24(18-21-12-8-6-9-13-21)19-22-14-10-7-11-15-22;1-3-5(6)7-4-2;1-3-4-2;1-2/h5-17,20H,4,18-19H2,1-3H3;3-4H2,1-2H3;3H2,1-2H3;1-2H3/b17-16-,23-5+;;;. The number of benzene rings is 2. The number of rotatable bonds is 11. The smallest absolute Gasteiger partial charge is 0.305 e. The van der Waals surface area contributed by atoms with Crippen molar-refractivity contribution in [3.8, 4) is 0 Å². The predicted molar refractivity (Wildman–Crippen MR) is 160 cm³/mol. The molecule has 0 aromatic heterocycles. The Bertz CT molecular complexity index is 772. The lowest BCUT2D eigenvalue weighted by molar-refractivity contribution is -0.142. The summed E-state index contributed by atoms with van der Waals surface area (Å²) in [5.74, 6) is 0.484. The van der Waals surface area contributed by atoms with Crippen molar-refractivity contribution in [1.29, 1.82) is 0 Å². The van der Waals surface area contributed by atoms with Crippen molar-refractivity contribution in [2.45, 2.75) is 81.3 Å². The first-order valence-corrected chi connectivity index (χ1v) is 13.8. The fraction of sp³-hybridized carbons (Fsp3) is 0.485. The number of ether oxygens (including phenoxy) is 2. The molecule has 0 amide bonds. The largest absolute Gasteiger partial charge is 0.466 e. The van der Waals surface area contributed by atoms with E-state index >= 15 is 0 Å². The van der Waals surface area contributed by atoms with Crippen molar-refractivity contribution in [2.75, 3.05) is 20.3 Å². The average Bonchev–Trinajstić information content (AvgIpc) is 2.95. The lowest BCUT2D eigenvalue weighted by Crippen LogP contribution is -2.21. The fourth-order valence-electron chi connectivity index (χ4n) is 2.89. The minimum Gasteiger partial charge on any atom is -0.466 e. The third kappa shape index (κ3) is 20.0. The molecule has 4 nitrogen and oxygen atoms in total. The summed E-state index contributed by atoms with van der Waals surface area (Å²) in [6, 6.07) is 21.4. The molecular formula is C33H53NO3.